The zero-order valence-electron chi connectivity index (χ0n) is 14.2. The average molecular weight is 360 g/mol. The van der Waals surface area contributed by atoms with E-state index >= 15 is 0 Å². The SMILES string of the molecule is CCCCNCC(=O)N1NC(c2ccc(Cl)cc2)=C[C@@H]1c1ccco1. The van der Waals surface area contributed by atoms with Crippen molar-refractivity contribution < 1.29 is 9.21 Å². The van der Waals surface area contributed by atoms with Crippen molar-refractivity contribution in [1.29, 1.82) is 0 Å². The van der Waals surface area contributed by atoms with Crippen LogP contribution in [0.4, 0.5) is 0 Å². The Morgan fingerprint density at radius 2 is 2.12 bits per heavy atom. The molecule has 0 fully saturated rings. The second-order valence-corrected chi connectivity index (χ2v) is 6.39. The Kier molecular flexibility index (Phi) is 5.79. The van der Waals surface area contributed by atoms with Gasteiger partial charge in [-0.1, -0.05) is 37.1 Å². The summed E-state index contributed by atoms with van der Waals surface area (Å²) in [6, 6.07) is 10.9. The molecule has 0 spiro atoms. The maximum absolute atomic E-state index is 12.6. The van der Waals surface area contributed by atoms with Crippen LogP contribution >= 0.6 is 11.6 Å². The Morgan fingerprint density at radius 3 is 2.80 bits per heavy atom. The first-order chi connectivity index (χ1) is 12.2. The van der Waals surface area contributed by atoms with Crippen molar-refractivity contribution in [1.82, 2.24) is 15.8 Å². The Hall–Kier alpha value is -2.24. The number of nitrogens with zero attached hydrogens (tertiary/aromatic N) is 1. The number of furan rings is 1. The van der Waals surface area contributed by atoms with E-state index in [0.29, 0.717) is 5.02 Å². The molecule has 6 heteroatoms. The summed E-state index contributed by atoms with van der Waals surface area (Å²) in [6.07, 6.45) is 5.76. The normalized spacial score (nSPS) is 16.6. The van der Waals surface area contributed by atoms with Gasteiger partial charge in [-0.25, -0.2) is 5.01 Å². The quantitative estimate of drug-likeness (QED) is 0.739. The van der Waals surface area contributed by atoms with E-state index in [1.54, 1.807) is 11.3 Å². The number of rotatable bonds is 7. The minimum absolute atomic E-state index is 0.0299. The topological polar surface area (TPSA) is 57.5 Å². The first-order valence-corrected chi connectivity index (χ1v) is 8.87. The third-order valence-corrected chi connectivity index (χ3v) is 4.34. The van der Waals surface area contributed by atoms with Crippen LogP contribution in [-0.2, 0) is 4.79 Å². The van der Waals surface area contributed by atoms with Gasteiger partial charge in [0, 0.05) is 5.02 Å². The zero-order valence-corrected chi connectivity index (χ0v) is 14.9. The average Bonchev–Trinajstić information content (AvgIpc) is 3.28. The molecule has 2 heterocycles. The fraction of sp³-hybridized carbons (Fsp3) is 0.316. The molecule has 0 unspecified atom stereocenters. The minimum Gasteiger partial charge on any atom is -0.467 e. The Morgan fingerprint density at radius 1 is 1.32 bits per heavy atom. The molecule has 1 atom stereocenters. The summed E-state index contributed by atoms with van der Waals surface area (Å²) in [5.41, 5.74) is 5.04. The molecular formula is C19H22ClN3O2. The molecular weight excluding hydrogens is 338 g/mol. The van der Waals surface area contributed by atoms with Gasteiger partial charge in [0.2, 0.25) is 0 Å². The van der Waals surface area contributed by atoms with Gasteiger partial charge in [-0.2, -0.15) is 0 Å². The van der Waals surface area contributed by atoms with Crippen LogP contribution in [0.1, 0.15) is 37.1 Å². The Bertz CT molecular complexity index is 726. The van der Waals surface area contributed by atoms with E-state index in [9.17, 15) is 4.79 Å². The van der Waals surface area contributed by atoms with Gasteiger partial charge in [-0.3, -0.25) is 10.2 Å². The lowest BCUT2D eigenvalue weighted by Crippen LogP contribution is -2.44. The lowest BCUT2D eigenvalue weighted by molar-refractivity contribution is -0.133. The molecule has 1 aromatic heterocycles. The van der Waals surface area contributed by atoms with E-state index in [0.717, 1.165) is 36.4 Å². The molecule has 0 radical (unpaired) electrons. The van der Waals surface area contributed by atoms with Crippen molar-refractivity contribution in [3.63, 3.8) is 0 Å². The number of hydrogen-bond acceptors (Lipinski definition) is 4. The molecule has 2 aromatic rings. The van der Waals surface area contributed by atoms with Crippen LogP contribution in [0.5, 0.6) is 0 Å². The highest BCUT2D eigenvalue weighted by molar-refractivity contribution is 6.30. The third-order valence-electron chi connectivity index (χ3n) is 4.09. The van der Waals surface area contributed by atoms with Gasteiger partial charge in [0.25, 0.3) is 5.91 Å². The van der Waals surface area contributed by atoms with Gasteiger partial charge in [-0.05, 0) is 48.9 Å². The van der Waals surface area contributed by atoms with E-state index in [1.807, 2.05) is 42.5 Å². The predicted molar refractivity (Wildman–Crippen MR) is 98.6 cm³/mol. The van der Waals surface area contributed by atoms with Gasteiger partial charge in [0.05, 0.1) is 18.5 Å². The maximum atomic E-state index is 12.6. The molecule has 0 bridgehead atoms. The van der Waals surface area contributed by atoms with E-state index in [4.69, 9.17) is 16.0 Å². The van der Waals surface area contributed by atoms with Crippen LogP contribution in [0.25, 0.3) is 5.70 Å². The molecule has 1 aliphatic rings. The second-order valence-electron chi connectivity index (χ2n) is 5.95. The summed E-state index contributed by atoms with van der Waals surface area (Å²) in [7, 11) is 0. The van der Waals surface area contributed by atoms with Crippen LogP contribution in [0.3, 0.4) is 0 Å². The first-order valence-electron chi connectivity index (χ1n) is 8.49. The lowest BCUT2D eigenvalue weighted by atomic mass is 10.1. The number of carbonyl (C=O) groups excluding carboxylic acids is 1. The van der Waals surface area contributed by atoms with Crippen molar-refractivity contribution >= 4 is 23.2 Å². The van der Waals surface area contributed by atoms with E-state index in [-0.39, 0.29) is 18.5 Å². The highest BCUT2D eigenvalue weighted by Gasteiger charge is 2.32. The number of halogens is 1. The third kappa shape index (κ3) is 4.24. The molecule has 2 N–H and O–H groups in total. The zero-order chi connectivity index (χ0) is 17.6. The summed E-state index contributed by atoms with van der Waals surface area (Å²) in [6.45, 7) is 3.24. The molecule has 0 saturated carbocycles. The van der Waals surface area contributed by atoms with Crippen LogP contribution in [-0.4, -0.2) is 24.0 Å². The van der Waals surface area contributed by atoms with Crippen molar-refractivity contribution in [2.45, 2.75) is 25.8 Å². The van der Waals surface area contributed by atoms with Crippen LogP contribution < -0.4 is 10.7 Å². The molecule has 25 heavy (non-hydrogen) atoms. The smallest absolute Gasteiger partial charge is 0.255 e. The van der Waals surface area contributed by atoms with Crippen molar-refractivity contribution in [2.75, 3.05) is 13.1 Å². The molecule has 5 nitrogen and oxygen atoms in total. The number of benzene rings is 1. The molecule has 1 aliphatic heterocycles. The van der Waals surface area contributed by atoms with Gasteiger partial charge < -0.3 is 9.73 Å². The van der Waals surface area contributed by atoms with Crippen LogP contribution in [0.15, 0.2) is 53.2 Å². The van der Waals surface area contributed by atoms with Crippen molar-refractivity contribution in [2.24, 2.45) is 0 Å². The summed E-state index contributed by atoms with van der Waals surface area (Å²) in [5, 5.41) is 5.48. The van der Waals surface area contributed by atoms with Gasteiger partial charge in [-0.15, -0.1) is 0 Å². The molecule has 1 amide bonds. The first kappa shape index (κ1) is 17.6. The second kappa shape index (κ2) is 8.23. The molecule has 132 valence electrons. The van der Waals surface area contributed by atoms with Crippen molar-refractivity contribution in [3.8, 4) is 0 Å². The van der Waals surface area contributed by atoms with E-state index in [2.05, 4.69) is 17.7 Å². The summed E-state index contributed by atoms with van der Waals surface area (Å²) in [4.78, 5) is 12.6. The van der Waals surface area contributed by atoms with Gasteiger partial charge in [0.15, 0.2) is 0 Å². The summed E-state index contributed by atoms with van der Waals surface area (Å²) >= 11 is 5.96. The van der Waals surface area contributed by atoms with Crippen molar-refractivity contribution in [3.05, 3.63) is 65.1 Å². The number of nitrogens with one attached hydrogen (secondary N) is 2. The molecule has 1 aromatic carbocycles. The summed E-state index contributed by atoms with van der Waals surface area (Å²) < 4.78 is 5.52. The summed E-state index contributed by atoms with van der Waals surface area (Å²) in [5.74, 6) is 0.691. The number of unbranched alkanes of at least 4 members (excludes halogenated alkanes) is 1. The van der Waals surface area contributed by atoms with Crippen LogP contribution in [0.2, 0.25) is 5.02 Å². The minimum atomic E-state index is -0.277. The fourth-order valence-corrected chi connectivity index (χ4v) is 2.85. The Labute approximate surface area is 152 Å². The highest BCUT2D eigenvalue weighted by Crippen LogP contribution is 2.31. The molecule has 3 rings (SSSR count). The Balaban J connectivity index is 1.76. The standard InChI is InChI=1S/C19H22ClN3O2/c1-2-3-10-21-13-19(24)23-17(18-5-4-11-25-18)12-16(22-23)14-6-8-15(20)9-7-14/h4-9,11-12,17,21-22H,2-3,10,13H2,1H3/t17-/m1/s1. The van der Waals surface area contributed by atoms with E-state index in [1.165, 1.54) is 0 Å². The predicted octanol–water partition coefficient (Wildman–Crippen LogP) is 3.75. The molecule has 0 saturated heterocycles. The monoisotopic (exact) mass is 359 g/mol. The number of carbonyl (C=O) groups is 1. The highest BCUT2D eigenvalue weighted by atomic mass is 35.5. The lowest BCUT2D eigenvalue weighted by Gasteiger charge is -2.24. The van der Waals surface area contributed by atoms with Crippen LogP contribution in [0, 0.1) is 0 Å². The largest absolute Gasteiger partial charge is 0.467 e. The van der Waals surface area contributed by atoms with Gasteiger partial charge in [0.1, 0.15) is 11.8 Å². The number of hydrogen-bond donors (Lipinski definition) is 2. The van der Waals surface area contributed by atoms with E-state index < -0.39 is 0 Å². The maximum Gasteiger partial charge on any atom is 0.255 e. The van der Waals surface area contributed by atoms with Gasteiger partial charge >= 0.3 is 0 Å². The molecule has 0 aliphatic carbocycles. The number of amides is 1. The number of hydrazine groups is 1. The fourth-order valence-electron chi connectivity index (χ4n) is 2.73.